The van der Waals surface area contributed by atoms with Crippen molar-refractivity contribution in [3.05, 3.63) is 81.9 Å². The fourth-order valence-corrected chi connectivity index (χ4v) is 3.05. The van der Waals surface area contributed by atoms with E-state index in [0.29, 0.717) is 22.4 Å². The average molecular weight is 373 g/mol. The summed E-state index contributed by atoms with van der Waals surface area (Å²) < 4.78 is 18.1. The fourth-order valence-electron chi connectivity index (χ4n) is 2.20. The molecule has 134 valence electrons. The number of thioether (sulfide) groups is 1. The van der Waals surface area contributed by atoms with Gasteiger partial charge in [0.05, 0.1) is 24.9 Å². The Kier molecular flexibility index (Phi) is 5.85. The van der Waals surface area contributed by atoms with E-state index < -0.39 is 0 Å². The second kappa shape index (κ2) is 8.48. The number of aromatic amines is 1. The highest BCUT2D eigenvalue weighted by atomic mass is 32.2. The molecule has 2 aromatic heterocycles. The number of furan rings is 1. The van der Waals surface area contributed by atoms with Crippen LogP contribution in [0, 0.1) is 5.82 Å². The summed E-state index contributed by atoms with van der Waals surface area (Å²) in [7, 11) is 0. The normalized spacial score (nSPS) is 10.7. The van der Waals surface area contributed by atoms with Crippen LogP contribution in [0.5, 0.6) is 0 Å². The maximum absolute atomic E-state index is 12.9. The van der Waals surface area contributed by atoms with Gasteiger partial charge in [-0.1, -0.05) is 23.9 Å². The van der Waals surface area contributed by atoms with E-state index in [1.165, 1.54) is 36.2 Å². The van der Waals surface area contributed by atoms with Gasteiger partial charge in [0.1, 0.15) is 11.6 Å². The number of H-pyrrole nitrogens is 1. The van der Waals surface area contributed by atoms with Crippen molar-refractivity contribution in [2.24, 2.45) is 0 Å². The van der Waals surface area contributed by atoms with E-state index in [-0.39, 0.29) is 30.2 Å². The fraction of sp³-hybridized carbons (Fsp3) is 0.167. The molecule has 0 spiro atoms. The quantitative estimate of drug-likeness (QED) is 0.491. The summed E-state index contributed by atoms with van der Waals surface area (Å²) in [6.45, 7) is 0.279. The van der Waals surface area contributed by atoms with Crippen LogP contribution in [-0.4, -0.2) is 15.9 Å². The van der Waals surface area contributed by atoms with E-state index in [1.807, 2.05) is 0 Å². The van der Waals surface area contributed by atoms with Crippen molar-refractivity contribution in [1.29, 1.82) is 0 Å². The average Bonchev–Trinajstić information content (AvgIpc) is 3.13. The zero-order chi connectivity index (χ0) is 18.4. The summed E-state index contributed by atoms with van der Waals surface area (Å²) in [5, 5.41) is 3.12. The summed E-state index contributed by atoms with van der Waals surface area (Å²) in [4.78, 5) is 30.7. The highest BCUT2D eigenvalue weighted by molar-refractivity contribution is 7.98. The van der Waals surface area contributed by atoms with Gasteiger partial charge in [-0.2, -0.15) is 0 Å². The molecule has 1 amide bonds. The molecule has 2 N–H and O–H groups in total. The van der Waals surface area contributed by atoms with E-state index in [2.05, 4.69) is 15.3 Å². The first-order chi connectivity index (χ1) is 12.6. The van der Waals surface area contributed by atoms with Gasteiger partial charge in [-0.25, -0.2) is 9.37 Å². The lowest BCUT2D eigenvalue weighted by molar-refractivity contribution is -0.120. The molecule has 0 fully saturated rings. The number of hydrogen-bond acceptors (Lipinski definition) is 5. The zero-order valence-corrected chi connectivity index (χ0v) is 14.5. The van der Waals surface area contributed by atoms with E-state index in [1.54, 1.807) is 24.3 Å². The molecule has 0 unspecified atom stereocenters. The number of carbonyl (C=O) groups excluding carboxylic acids is 1. The molecule has 26 heavy (non-hydrogen) atoms. The lowest BCUT2D eigenvalue weighted by Crippen LogP contribution is -2.25. The topological polar surface area (TPSA) is 88.0 Å². The molecule has 1 aromatic carbocycles. The van der Waals surface area contributed by atoms with Gasteiger partial charge in [-0.3, -0.25) is 9.59 Å². The zero-order valence-electron chi connectivity index (χ0n) is 13.7. The number of carbonyl (C=O) groups is 1. The minimum absolute atomic E-state index is 0.00522. The number of amides is 1. The van der Waals surface area contributed by atoms with Gasteiger partial charge in [-0.15, -0.1) is 0 Å². The third-order valence-corrected chi connectivity index (χ3v) is 4.39. The van der Waals surface area contributed by atoms with Crippen molar-refractivity contribution in [2.75, 3.05) is 0 Å². The Bertz CT molecular complexity index is 924. The smallest absolute Gasteiger partial charge is 0.251 e. The van der Waals surface area contributed by atoms with Crippen LogP contribution in [0.2, 0.25) is 0 Å². The van der Waals surface area contributed by atoms with Crippen LogP contribution in [0.4, 0.5) is 4.39 Å². The number of halogens is 1. The van der Waals surface area contributed by atoms with Crippen molar-refractivity contribution >= 4 is 17.7 Å². The summed E-state index contributed by atoms with van der Waals surface area (Å²) in [6.07, 6.45) is 1.53. The molecule has 0 aliphatic heterocycles. The first-order valence-electron chi connectivity index (χ1n) is 7.85. The van der Waals surface area contributed by atoms with E-state index in [9.17, 15) is 14.0 Å². The van der Waals surface area contributed by atoms with Crippen molar-refractivity contribution in [3.8, 4) is 0 Å². The second-order valence-corrected chi connectivity index (χ2v) is 6.45. The number of aromatic nitrogens is 2. The molecule has 3 rings (SSSR count). The highest BCUT2D eigenvalue weighted by Crippen LogP contribution is 2.18. The Morgan fingerprint density at radius 2 is 2.08 bits per heavy atom. The summed E-state index contributed by atoms with van der Waals surface area (Å²) >= 11 is 1.31. The maximum Gasteiger partial charge on any atom is 0.251 e. The molecule has 0 bridgehead atoms. The number of nitrogens with zero attached hydrogens (tertiary/aromatic N) is 1. The Morgan fingerprint density at radius 1 is 1.27 bits per heavy atom. The van der Waals surface area contributed by atoms with Crippen molar-refractivity contribution in [1.82, 2.24) is 15.3 Å². The predicted molar refractivity (Wildman–Crippen MR) is 95.1 cm³/mol. The van der Waals surface area contributed by atoms with Gasteiger partial charge in [0.2, 0.25) is 5.91 Å². The third-order valence-electron chi connectivity index (χ3n) is 3.44. The van der Waals surface area contributed by atoms with Crippen molar-refractivity contribution in [2.45, 2.75) is 23.9 Å². The lowest BCUT2D eigenvalue weighted by atomic mass is 10.2. The van der Waals surface area contributed by atoms with Crippen molar-refractivity contribution in [3.63, 3.8) is 0 Å². The number of nitrogens with one attached hydrogen (secondary N) is 2. The molecule has 0 aliphatic rings. The van der Waals surface area contributed by atoms with Crippen LogP contribution in [-0.2, 0) is 23.5 Å². The molecular weight excluding hydrogens is 357 g/mol. The van der Waals surface area contributed by atoms with Crippen molar-refractivity contribution < 1.29 is 13.6 Å². The van der Waals surface area contributed by atoms with Crippen LogP contribution in [0.1, 0.15) is 17.0 Å². The van der Waals surface area contributed by atoms with Gasteiger partial charge in [0.15, 0.2) is 5.16 Å². The molecule has 0 atom stereocenters. The molecule has 0 saturated heterocycles. The Balaban J connectivity index is 1.58. The van der Waals surface area contributed by atoms with Crippen LogP contribution < -0.4 is 10.9 Å². The largest absolute Gasteiger partial charge is 0.467 e. The lowest BCUT2D eigenvalue weighted by Gasteiger charge is -2.05. The highest BCUT2D eigenvalue weighted by Gasteiger charge is 2.09. The molecule has 0 aliphatic carbocycles. The van der Waals surface area contributed by atoms with E-state index >= 15 is 0 Å². The van der Waals surface area contributed by atoms with Gasteiger partial charge in [0, 0.05) is 11.8 Å². The monoisotopic (exact) mass is 373 g/mol. The standard InChI is InChI=1S/C18H16FN3O3S/c19-13-5-3-12(4-6-13)11-26-18-21-14(9-17(24)22-18)8-16(23)20-10-15-2-1-7-25-15/h1-7,9H,8,10-11H2,(H,20,23)(H,21,22,24). The van der Waals surface area contributed by atoms with Gasteiger partial charge < -0.3 is 14.7 Å². The van der Waals surface area contributed by atoms with Gasteiger partial charge >= 0.3 is 0 Å². The van der Waals surface area contributed by atoms with E-state index in [0.717, 1.165) is 5.56 Å². The number of rotatable bonds is 7. The minimum atomic E-state index is -0.324. The maximum atomic E-state index is 12.9. The molecular formula is C18H16FN3O3S. The first kappa shape index (κ1) is 17.9. The molecule has 8 heteroatoms. The SMILES string of the molecule is O=C(Cc1cc(=O)[nH]c(SCc2ccc(F)cc2)n1)NCc1ccco1. The number of hydrogen-bond donors (Lipinski definition) is 2. The third kappa shape index (κ3) is 5.32. The van der Waals surface area contributed by atoms with Crippen LogP contribution in [0.15, 0.2) is 63.1 Å². The Labute approximate surface area is 152 Å². The Morgan fingerprint density at radius 3 is 2.81 bits per heavy atom. The van der Waals surface area contributed by atoms with Gasteiger partial charge in [0.25, 0.3) is 5.56 Å². The van der Waals surface area contributed by atoms with E-state index in [4.69, 9.17) is 4.42 Å². The molecule has 0 saturated carbocycles. The van der Waals surface area contributed by atoms with Crippen LogP contribution in [0.3, 0.4) is 0 Å². The second-order valence-electron chi connectivity index (χ2n) is 5.49. The first-order valence-corrected chi connectivity index (χ1v) is 8.83. The molecule has 6 nitrogen and oxygen atoms in total. The van der Waals surface area contributed by atoms with Gasteiger partial charge in [-0.05, 0) is 29.8 Å². The predicted octanol–water partition coefficient (Wildman–Crippen LogP) is 2.65. The molecule has 3 aromatic rings. The Hall–Kier alpha value is -2.87. The summed E-state index contributed by atoms with van der Waals surface area (Å²) in [5.74, 6) is 0.617. The number of benzene rings is 1. The molecule has 0 radical (unpaired) electrons. The van der Waals surface area contributed by atoms with Crippen LogP contribution in [0.25, 0.3) is 0 Å². The van der Waals surface area contributed by atoms with Crippen LogP contribution >= 0.6 is 11.8 Å². The summed E-state index contributed by atoms with van der Waals surface area (Å²) in [5.41, 5.74) is 0.961. The molecule has 2 heterocycles. The summed E-state index contributed by atoms with van der Waals surface area (Å²) in [6, 6.07) is 10.9. The minimum Gasteiger partial charge on any atom is -0.467 e.